The average molecular weight is 947 g/mol. The molecule has 0 radical (unpaired) electrons. The van der Waals surface area contributed by atoms with Crippen molar-refractivity contribution >= 4 is 44.6 Å². The number of para-hydroxylation sites is 2. The van der Waals surface area contributed by atoms with Gasteiger partial charge in [-0.05, 0) is 128 Å². The van der Waals surface area contributed by atoms with Crippen molar-refractivity contribution in [2.75, 3.05) is 16.5 Å². The fourth-order valence-electron chi connectivity index (χ4n) is 10.6. The van der Waals surface area contributed by atoms with Crippen LogP contribution in [0.15, 0.2) is 231 Å². The first-order valence-electron chi connectivity index (χ1n) is 25.4. The second-order valence-corrected chi connectivity index (χ2v) is 21.3. The fourth-order valence-corrected chi connectivity index (χ4v) is 10.6. The molecule has 0 saturated carbocycles. The molecule has 0 atom stereocenters. The zero-order valence-corrected chi connectivity index (χ0v) is 42.3. The lowest BCUT2D eigenvalue weighted by Gasteiger charge is -2.24. The van der Waals surface area contributed by atoms with Gasteiger partial charge in [0, 0.05) is 46.0 Å². The van der Waals surface area contributed by atoms with Crippen LogP contribution in [-0.2, 0) is 10.8 Å². The van der Waals surface area contributed by atoms with E-state index in [1.807, 2.05) is 6.20 Å². The van der Waals surface area contributed by atoms with E-state index in [1.54, 1.807) is 0 Å². The van der Waals surface area contributed by atoms with Gasteiger partial charge in [0.1, 0.15) is 24.0 Å². The molecule has 0 spiro atoms. The summed E-state index contributed by atoms with van der Waals surface area (Å²) in [7, 11) is 0. The van der Waals surface area contributed by atoms with Gasteiger partial charge in [-0.15, -0.1) is 0 Å². The Bertz CT molecular complexity index is 3770. The molecule has 356 valence electrons. The lowest BCUT2D eigenvalue weighted by molar-refractivity contribution is 0.483. The third-order valence-electron chi connectivity index (χ3n) is 14.4. The van der Waals surface area contributed by atoms with E-state index in [-0.39, 0.29) is 10.8 Å². The van der Waals surface area contributed by atoms with E-state index >= 15 is 0 Å². The smallest absolute Gasteiger partial charge is 0.137 e. The predicted octanol–water partition coefficient (Wildman–Crippen LogP) is 18.5. The fraction of sp³-hybridized carbons (Fsp3) is 0.132. The van der Waals surface area contributed by atoms with Crippen molar-refractivity contribution in [1.29, 1.82) is 0 Å². The van der Waals surface area contributed by atoms with Gasteiger partial charge in [0.15, 0.2) is 0 Å². The zero-order chi connectivity index (χ0) is 49.8. The molecule has 0 N–H and O–H groups in total. The molecule has 0 amide bonds. The van der Waals surface area contributed by atoms with E-state index in [2.05, 4.69) is 280 Å². The molecule has 0 unspecified atom stereocenters. The minimum absolute atomic E-state index is 0.0452. The summed E-state index contributed by atoms with van der Waals surface area (Å²) in [5, 5.41) is 2.31. The SMILES string of the molecule is CC(C)(C)c1cccc(-c2ccc3c(c2)c2ccc(Oc4cccc(N5CN(c6ccccc6)c6c(-c7c(-c8ccccc8)cccc7-c7ccccc7)cccc65)c4)cc2n3-c2cc(C(C)(C)C)ccn2)c1. The number of aromatic nitrogens is 2. The number of ether oxygens (including phenoxy) is 1. The van der Waals surface area contributed by atoms with Gasteiger partial charge in [0.2, 0.25) is 0 Å². The summed E-state index contributed by atoms with van der Waals surface area (Å²) in [6, 6.07) is 80.9. The Hall–Kier alpha value is -8.67. The van der Waals surface area contributed by atoms with Crippen LogP contribution in [0.2, 0.25) is 0 Å². The highest BCUT2D eigenvalue weighted by Crippen LogP contribution is 2.53. The Balaban J connectivity index is 0.964. The molecule has 0 fully saturated rings. The number of hydrogen-bond donors (Lipinski definition) is 0. The first-order valence-corrected chi connectivity index (χ1v) is 25.4. The van der Waals surface area contributed by atoms with E-state index in [0.29, 0.717) is 6.67 Å². The standard InChI is InChI=1S/C68H58N4O/c1-67(2,3)50-25-16-24-48(40-50)49-34-37-61-60(41-49)58-36-35-55(44-63(58)72(61)64-42-51(38-39-69-64)68(4,5)6)73-54-29-17-28-53(43-54)70-45-71(52-26-14-9-15-27-52)66-59(32-19-33-62(66)70)65-56(46-20-10-7-11-21-46)30-18-31-57(65)47-22-12-8-13-23-47/h7-44H,45H2,1-6H3. The van der Waals surface area contributed by atoms with Crippen LogP contribution < -0.4 is 14.5 Å². The van der Waals surface area contributed by atoms with Crippen molar-refractivity contribution < 1.29 is 4.74 Å². The molecule has 0 bridgehead atoms. The van der Waals surface area contributed by atoms with Crippen LogP contribution in [0.1, 0.15) is 52.7 Å². The highest BCUT2D eigenvalue weighted by atomic mass is 16.5. The number of rotatable bonds is 9. The van der Waals surface area contributed by atoms with E-state index < -0.39 is 0 Å². The topological polar surface area (TPSA) is 33.5 Å². The number of fused-ring (bicyclic) bond motifs is 4. The van der Waals surface area contributed by atoms with E-state index in [1.165, 1.54) is 61.0 Å². The molecule has 12 rings (SSSR count). The number of benzene rings is 9. The molecule has 2 aromatic heterocycles. The maximum atomic E-state index is 6.94. The lowest BCUT2D eigenvalue weighted by Crippen LogP contribution is -2.24. The second kappa shape index (κ2) is 18.2. The van der Waals surface area contributed by atoms with Gasteiger partial charge in [0.05, 0.1) is 22.4 Å². The first kappa shape index (κ1) is 45.5. The molecule has 0 saturated heterocycles. The second-order valence-electron chi connectivity index (χ2n) is 21.3. The van der Waals surface area contributed by atoms with Crippen molar-refractivity contribution in [2.24, 2.45) is 0 Å². The van der Waals surface area contributed by atoms with Crippen molar-refractivity contribution in [2.45, 2.75) is 52.4 Å². The molecular weight excluding hydrogens is 889 g/mol. The van der Waals surface area contributed by atoms with Gasteiger partial charge in [-0.3, -0.25) is 4.57 Å². The number of hydrogen-bond acceptors (Lipinski definition) is 4. The van der Waals surface area contributed by atoms with Gasteiger partial charge in [-0.25, -0.2) is 4.98 Å². The maximum Gasteiger partial charge on any atom is 0.137 e. The Kier molecular flexibility index (Phi) is 11.3. The molecule has 1 aliphatic rings. The minimum atomic E-state index is -0.0473. The summed E-state index contributed by atoms with van der Waals surface area (Å²) >= 11 is 0. The highest BCUT2D eigenvalue weighted by Gasteiger charge is 2.33. The quantitative estimate of drug-likeness (QED) is 0.144. The predicted molar refractivity (Wildman–Crippen MR) is 306 cm³/mol. The Morgan fingerprint density at radius 2 is 1.00 bits per heavy atom. The van der Waals surface area contributed by atoms with Crippen molar-refractivity contribution in [3.8, 4) is 61.8 Å². The third-order valence-corrected chi connectivity index (χ3v) is 14.4. The molecule has 73 heavy (non-hydrogen) atoms. The Morgan fingerprint density at radius 3 is 1.71 bits per heavy atom. The van der Waals surface area contributed by atoms with Crippen molar-refractivity contribution in [3.05, 3.63) is 242 Å². The summed E-state index contributed by atoms with van der Waals surface area (Å²) in [6.07, 6.45) is 1.94. The van der Waals surface area contributed by atoms with Gasteiger partial charge in [-0.2, -0.15) is 0 Å². The molecule has 5 nitrogen and oxygen atoms in total. The lowest BCUT2D eigenvalue weighted by atomic mass is 9.85. The van der Waals surface area contributed by atoms with Gasteiger partial charge < -0.3 is 14.5 Å². The van der Waals surface area contributed by atoms with Crippen molar-refractivity contribution in [3.63, 3.8) is 0 Å². The average Bonchev–Trinajstić information content (AvgIpc) is 3.97. The number of anilines is 4. The summed E-state index contributed by atoms with van der Waals surface area (Å²) in [5.74, 6) is 2.39. The zero-order valence-electron chi connectivity index (χ0n) is 42.3. The van der Waals surface area contributed by atoms with Gasteiger partial charge in [0.25, 0.3) is 0 Å². The Morgan fingerprint density at radius 1 is 0.411 bits per heavy atom. The third kappa shape index (κ3) is 8.51. The molecule has 0 aliphatic carbocycles. The largest absolute Gasteiger partial charge is 0.457 e. The van der Waals surface area contributed by atoms with E-state index in [9.17, 15) is 0 Å². The highest BCUT2D eigenvalue weighted by molar-refractivity contribution is 6.11. The molecule has 1 aliphatic heterocycles. The monoisotopic (exact) mass is 946 g/mol. The number of nitrogens with zero attached hydrogens (tertiary/aromatic N) is 4. The van der Waals surface area contributed by atoms with Crippen molar-refractivity contribution in [1.82, 2.24) is 9.55 Å². The van der Waals surface area contributed by atoms with Crippen LogP contribution in [0.4, 0.5) is 22.7 Å². The van der Waals surface area contributed by atoms with Crippen LogP contribution in [0.5, 0.6) is 11.5 Å². The molecule has 3 heterocycles. The van der Waals surface area contributed by atoms with Crippen LogP contribution in [-0.4, -0.2) is 16.2 Å². The molecule has 9 aromatic carbocycles. The normalized spacial score (nSPS) is 12.7. The van der Waals surface area contributed by atoms with Crippen LogP contribution in [0.25, 0.3) is 72.1 Å². The molecule has 5 heteroatoms. The van der Waals surface area contributed by atoms with Crippen LogP contribution >= 0.6 is 0 Å². The minimum Gasteiger partial charge on any atom is -0.457 e. The summed E-state index contributed by atoms with van der Waals surface area (Å²) < 4.78 is 9.24. The molecular formula is C68H58N4O. The van der Waals surface area contributed by atoms with Crippen LogP contribution in [0.3, 0.4) is 0 Å². The van der Waals surface area contributed by atoms with Gasteiger partial charge in [-0.1, -0.05) is 187 Å². The summed E-state index contributed by atoms with van der Waals surface area (Å²) in [6.45, 7) is 14.2. The van der Waals surface area contributed by atoms with E-state index in [0.717, 1.165) is 56.5 Å². The van der Waals surface area contributed by atoms with Gasteiger partial charge >= 0.3 is 0 Å². The molecule has 11 aromatic rings. The maximum absolute atomic E-state index is 6.94. The summed E-state index contributed by atoms with van der Waals surface area (Å²) in [4.78, 5) is 9.88. The van der Waals surface area contributed by atoms with Crippen LogP contribution in [0, 0.1) is 0 Å². The van der Waals surface area contributed by atoms with E-state index in [4.69, 9.17) is 9.72 Å². The summed E-state index contributed by atoms with van der Waals surface area (Å²) in [5.41, 5.74) is 18.6. The number of pyridine rings is 1. The Labute approximate surface area is 429 Å². The first-order chi connectivity index (χ1) is 35.5.